The Morgan fingerprint density at radius 2 is 1.83 bits per heavy atom. The smallest absolute Gasteiger partial charge is 0.0689 e. The average Bonchev–Trinajstić information content (AvgIpc) is 2.89. The lowest BCUT2D eigenvalue weighted by Crippen LogP contribution is -2.40. The maximum absolute atomic E-state index is 10.4. The molecule has 0 aromatic heterocycles. The summed E-state index contributed by atoms with van der Waals surface area (Å²) in [7, 11) is 2.18. The highest BCUT2D eigenvalue weighted by molar-refractivity contribution is 5.11. The molecule has 0 heterocycles. The molecule has 0 unspecified atom stereocenters. The maximum Gasteiger partial charge on any atom is 0.0689 e. The number of aliphatic hydroxyl groups excluding tert-OH is 1. The third-order valence-electron chi connectivity index (χ3n) is 8.18. The van der Waals surface area contributed by atoms with E-state index in [0.29, 0.717) is 29.6 Å². The SMILES string of the molecule is CN(C[C@@H](O)CCO[C@@H]1C[C@@H]2CC[C@@]1(C)C2(C)C)C1CCCCC1. The Morgan fingerprint density at radius 3 is 2.42 bits per heavy atom. The van der Waals surface area contributed by atoms with Gasteiger partial charge in [0.2, 0.25) is 0 Å². The first-order valence-electron chi connectivity index (χ1n) is 10.3. The van der Waals surface area contributed by atoms with E-state index in [4.69, 9.17) is 4.74 Å². The van der Waals surface area contributed by atoms with Crippen molar-refractivity contribution in [3.8, 4) is 0 Å². The number of aliphatic hydroxyl groups is 1. The van der Waals surface area contributed by atoms with E-state index in [0.717, 1.165) is 18.9 Å². The minimum atomic E-state index is -0.253. The highest BCUT2D eigenvalue weighted by Crippen LogP contribution is 2.66. The van der Waals surface area contributed by atoms with E-state index >= 15 is 0 Å². The standard InChI is InChI=1S/C21H39NO2/c1-20(2)16-10-12-21(20,3)19(14-16)24-13-11-18(23)15-22(4)17-8-6-5-7-9-17/h16-19,23H,5-15H2,1-4H3/t16-,18-,19+,21+/m0/s1. The molecular weight excluding hydrogens is 298 g/mol. The molecule has 3 fully saturated rings. The summed E-state index contributed by atoms with van der Waals surface area (Å²) in [5.41, 5.74) is 0.749. The van der Waals surface area contributed by atoms with E-state index in [2.05, 4.69) is 32.7 Å². The van der Waals surface area contributed by atoms with Gasteiger partial charge in [0.15, 0.2) is 0 Å². The van der Waals surface area contributed by atoms with Crippen LogP contribution in [-0.2, 0) is 4.74 Å². The van der Waals surface area contributed by atoms with Gasteiger partial charge in [-0.3, -0.25) is 0 Å². The van der Waals surface area contributed by atoms with Gasteiger partial charge in [-0.2, -0.15) is 0 Å². The van der Waals surface area contributed by atoms with Crippen molar-refractivity contribution in [2.75, 3.05) is 20.2 Å². The monoisotopic (exact) mass is 337 g/mol. The Labute approximate surface area is 149 Å². The number of rotatable bonds is 7. The van der Waals surface area contributed by atoms with Gasteiger partial charge in [0.1, 0.15) is 0 Å². The highest BCUT2D eigenvalue weighted by atomic mass is 16.5. The first-order chi connectivity index (χ1) is 11.3. The quantitative estimate of drug-likeness (QED) is 0.754. The summed E-state index contributed by atoms with van der Waals surface area (Å²) < 4.78 is 6.29. The lowest BCUT2D eigenvalue weighted by atomic mass is 9.70. The fraction of sp³-hybridized carbons (Fsp3) is 1.00. The molecule has 0 aliphatic heterocycles. The summed E-state index contributed by atoms with van der Waals surface area (Å²) in [5.74, 6) is 0.829. The van der Waals surface area contributed by atoms with Crippen LogP contribution in [0.1, 0.15) is 78.6 Å². The van der Waals surface area contributed by atoms with Crippen LogP contribution in [0.3, 0.4) is 0 Å². The third-order valence-corrected chi connectivity index (χ3v) is 8.18. The second-order valence-electron chi connectivity index (χ2n) is 9.64. The fourth-order valence-corrected chi connectivity index (χ4v) is 5.82. The number of fused-ring (bicyclic) bond motifs is 2. The second kappa shape index (κ2) is 7.25. The average molecular weight is 338 g/mol. The summed E-state index contributed by atoms with van der Waals surface area (Å²) in [4.78, 5) is 2.38. The van der Waals surface area contributed by atoms with E-state index < -0.39 is 0 Å². The fourth-order valence-electron chi connectivity index (χ4n) is 5.82. The topological polar surface area (TPSA) is 32.7 Å². The normalized spacial score (nSPS) is 37.2. The Balaban J connectivity index is 1.39. The first kappa shape index (κ1) is 18.7. The summed E-state index contributed by atoms with van der Waals surface area (Å²) in [6, 6.07) is 0.680. The first-order valence-corrected chi connectivity index (χ1v) is 10.3. The Kier molecular flexibility index (Phi) is 5.64. The Bertz CT molecular complexity index is 418. The van der Waals surface area contributed by atoms with Gasteiger partial charge in [0.05, 0.1) is 12.2 Å². The molecule has 3 nitrogen and oxygen atoms in total. The number of hydrogen-bond acceptors (Lipinski definition) is 3. The van der Waals surface area contributed by atoms with E-state index in [1.165, 1.54) is 51.4 Å². The number of likely N-dealkylation sites (N-methyl/N-ethyl adjacent to an activating group) is 1. The molecule has 3 heteroatoms. The van der Waals surface area contributed by atoms with Crippen LogP contribution in [0, 0.1) is 16.7 Å². The van der Waals surface area contributed by atoms with Crippen LogP contribution in [-0.4, -0.2) is 48.5 Å². The predicted octanol–water partition coefficient (Wildman–Crippen LogP) is 4.23. The largest absolute Gasteiger partial charge is 0.392 e. The second-order valence-corrected chi connectivity index (χ2v) is 9.64. The van der Waals surface area contributed by atoms with E-state index in [9.17, 15) is 5.11 Å². The van der Waals surface area contributed by atoms with Crippen molar-refractivity contribution in [2.24, 2.45) is 16.7 Å². The van der Waals surface area contributed by atoms with Gasteiger partial charge < -0.3 is 14.7 Å². The van der Waals surface area contributed by atoms with Gasteiger partial charge in [-0.25, -0.2) is 0 Å². The molecule has 0 saturated heterocycles. The molecule has 3 rings (SSSR count). The van der Waals surface area contributed by atoms with Gasteiger partial charge >= 0.3 is 0 Å². The molecule has 3 aliphatic rings. The van der Waals surface area contributed by atoms with Crippen LogP contribution in [0.2, 0.25) is 0 Å². The molecule has 2 bridgehead atoms. The van der Waals surface area contributed by atoms with Crippen molar-refractivity contribution < 1.29 is 9.84 Å². The number of nitrogens with zero attached hydrogens (tertiary/aromatic N) is 1. The summed E-state index contributed by atoms with van der Waals surface area (Å²) in [5, 5.41) is 10.4. The predicted molar refractivity (Wildman–Crippen MR) is 99.1 cm³/mol. The molecule has 3 saturated carbocycles. The lowest BCUT2D eigenvalue weighted by molar-refractivity contribution is -0.0568. The van der Waals surface area contributed by atoms with Crippen molar-refractivity contribution in [3.05, 3.63) is 0 Å². The van der Waals surface area contributed by atoms with Crippen LogP contribution in [0.15, 0.2) is 0 Å². The van der Waals surface area contributed by atoms with Gasteiger partial charge in [-0.15, -0.1) is 0 Å². The molecule has 0 aromatic carbocycles. The molecule has 0 aromatic rings. The molecule has 4 atom stereocenters. The van der Waals surface area contributed by atoms with E-state index in [1.54, 1.807) is 0 Å². The van der Waals surface area contributed by atoms with Crippen LogP contribution >= 0.6 is 0 Å². The molecule has 24 heavy (non-hydrogen) atoms. The molecule has 0 amide bonds. The molecule has 140 valence electrons. The van der Waals surface area contributed by atoms with Crippen LogP contribution in [0.25, 0.3) is 0 Å². The Morgan fingerprint density at radius 1 is 1.12 bits per heavy atom. The zero-order valence-electron chi connectivity index (χ0n) is 16.4. The maximum atomic E-state index is 10.4. The zero-order chi connectivity index (χ0) is 17.4. The van der Waals surface area contributed by atoms with E-state index in [-0.39, 0.29) is 6.10 Å². The molecule has 1 N–H and O–H groups in total. The number of hydrogen-bond donors (Lipinski definition) is 1. The van der Waals surface area contributed by atoms with Crippen LogP contribution in [0.5, 0.6) is 0 Å². The number of ether oxygens (including phenoxy) is 1. The summed E-state index contributed by atoms with van der Waals surface area (Å²) >= 11 is 0. The lowest BCUT2D eigenvalue weighted by Gasteiger charge is -2.39. The van der Waals surface area contributed by atoms with Crippen LogP contribution < -0.4 is 0 Å². The van der Waals surface area contributed by atoms with Crippen molar-refractivity contribution >= 4 is 0 Å². The summed E-state index contributed by atoms with van der Waals surface area (Å²) in [6.07, 6.45) is 11.5. The van der Waals surface area contributed by atoms with Gasteiger partial charge in [0.25, 0.3) is 0 Å². The molecular formula is C21H39NO2. The highest BCUT2D eigenvalue weighted by Gasteiger charge is 2.61. The molecule has 0 radical (unpaired) electrons. The minimum Gasteiger partial charge on any atom is -0.392 e. The van der Waals surface area contributed by atoms with Gasteiger partial charge in [-0.1, -0.05) is 40.0 Å². The molecule has 3 aliphatic carbocycles. The summed E-state index contributed by atoms with van der Waals surface area (Å²) in [6.45, 7) is 8.80. The Hall–Kier alpha value is -0.120. The van der Waals surface area contributed by atoms with Gasteiger partial charge in [-0.05, 0) is 62.3 Å². The van der Waals surface area contributed by atoms with E-state index in [1.807, 2.05) is 0 Å². The van der Waals surface area contributed by atoms with Crippen LogP contribution in [0.4, 0.5) is 0 Å². The van der Waals surface area contributed by atoms with Gasteiger partial charge in [0, 0.05) is 19.2 Å². The molecule has 0 spiro atoms. The van der Waals surface area contributed by atoms with Crippen molar-refractivity contribution in [2.45, 2.75) is 96.8 Å². The zero-order valence-corrected chi connectivity index (χ0v) is 16.4. The van der Waals surface area contributed by atoms with Crippen molar-refractivity contribution in [3.63, 3.8) is 0 Å². The van der Waals surface area contributed by atoms with Crippen molar-refractivity contribution in [1.82, 2.24) is 4.90 Å². The minimum absolute atomic E-state index is 0.253. The third kappa shape index (κ3) is 3.41. The van der Waals surface area contributed by atoms with Crippen molar-refractivity contribution in [1.29, 1.82) is 0 Å².